The van der Waals surface area contributed by atoms with Gasteiger partial charge in [0, 0.05) is 34.1 Å². The van der Waals surface area contributed by atoms with Crippen molar-refractivity contribution in [3.8, 4) is 11.3 Å². The Morgan fingerprint density at radius 2 is 0.951 bits per heavy atom. The van der Waals surface area contributed by atoms with Gasteiger partial charge in [0.15, 0.2) is 0 Å². The summed E-state index contributed by atoms with van der Waals surface area (Å²) >= 11 is 0. The molecule has 0 amide bonds. The van der Waals surface area contributed by atoms with Crippen molar-refractivity contribution in [3.05, 3.63) is 152 Å². The summed E-state index contributed by atoms with van der Waals surface area (Å²) in [5, 5.41) is 9.45. The van der Waals surface area contributed by atoms with E-state index in [9.17, 15) is 0 Å². The van der Waals surface area contributed by atoms with E-state index >= 15 is 0 Å². The lowest BCUT2D eigenvalue weighted by Crippen LogP contribution is -2.13. The van der Waals surface area contributed by atoms with Gasteiger partial charge < -0.3 is 0 Å². The first kappa shape index (κ1) is 23.4. The fourth-order valence-electron chi connectivity index (χ4n) is 6.20. The van der Waals surface area contributed by atoms with Crippen LogP contribution in [0.1, 0.15) is 0 Å². The number of anilines is 3. The van der Waals surface area contributed by atoms with Crippen LogP contribution in [0.25, 0.3) is 54.3 Å². The van der Waals surface area contributed by atoms with Crippen LogP contribution >= 0.6 is 0 Å². The lowest BCUT2D eigenvalue weighted by molar-refractivity contribution is 1.20. The molecular weight excluding hydrogens is 498 g/mol. The molecule has 0 N–H and O–H groups in total. The number of rotatable bonds is 4. The zero-order valence-corrected chi connectivity index (χ0v) is 22.3. The molecule has 41 heavy (non-hydrogen) atoms. The van der Waals surface area contributed by atoms with E-state index in [2.05, 4.69) is 132 Å². The summed E-state index contributed by atoms with van der Waals surface area (Å²) in [5.41, 5.74) is 4.31. The Labute approximate surface area is 238 Å². The van der Waals surface area contributed by atoms with Crippen LogP contribution in [0.2, 0.25) is 0 Å². The number of hydrogen-bond donors (Lipinski definition) is 0. The molecule has 0 radical (unpaired) electrons. The van der Waals surface area contributed by atoms with Crippen LogP contribution in [-0.4, -0.2) is 9.97 Å². The van der Waals surface area contributed by atoms with Gasteiger partial charge in [0.25, 0.3) is 0 Å². The van der Waals surface area contributed by atoms with Gasteiger partial charge in [0.2, 0.25) is 0 Å². The summed E-state index contributed by atoms with van der Waals surface area (Å²) < 4.78 is 0. The molecule has 0 aliphatic rings. The van der Waals surface area contributed by atoms with Gasteiger partial charge in [0.05, 0.1) is 17.1 Å². The fourth-order valence-corrected chi connectivity index (χ4v) is 6.20. The molecule has 0 aliphatic heterocycles. The topological polar surface area (TPSA) is 29.0 Å². The Hall–Kier alpha value is -5.54. The minimum absolute atomic E-state index is 0.869. The third-order valence-corrected chi connectivity index (χ3v) is 7.91. The largest absolute Gasteiger partial charge is 0.293 e. The van der Waals surface area contributed by atoms with E-state index in [1.54, 1.807) is 0 Å². The number of hydrogen-bond acceptors (Lipinski definition) is 3. The Bertz CT molecular complexity index is 2150. The monoisotopic (exact) mass is 523 g/mol. The number of benzene rings is 6. The molecule has 3 nitrogen and oxygen atoms in total. The van der Waals surface area contributed by atoms with Crippen LogP contribution in [0.15, 0.2) is 152 Å². The van der Waals surface area contributed by atoms with Crippen molar-refractivity contribution < 1.29 is 0 Å². The normalized spacial score (nSPS) is 11.4. The average molecular weight is 524 g/mol. The third kappa shape index (κ3) is 3.75. The minimum atomic E-state index is 0.869. The van der Waals surface area contributed by atoms with Crippen molar-refractivity contribution >= 4 is 60.3 Å². The molecule has 0 spiro atoms. The fraction of sp³-hybridized carbons (Fsp3) is 0. The molecule has 0 unspecified atom stereocenters. The molecule has 0 fully saturated rings. The highest BCUT2D eigenvalue weighted by molar-refractivity contribution is 6.23. The van der Waals surface area contributed by atoms with E-state index in [-0.39, 0.29) is 0 Å². The van der Waals surface area contributed by atoms with Gasteiger partial charge in [-0.15, -0.1) is 0 Å². The summed E-state index contributed by atoms with van der Waals surface area (Å²) in [6, 6.07) is 49.2. The molecule has 192 valence electrons. The highest BCUT2D eigenvalue weighted by Gasteiger charge is 2.24. The van der Waals surface area contributed by atoms with Crippen molar-refractivity contribution in [1.82, 2.24) is 9.97 Å². The van der Waals surface area contributed by atoms with Gasteiger partial charge in [-0.3, -0.25) is 9.88 Å². The van der Waals surface area contributed by atoms with Gasteiger partial charge in [0.1, 0.15) is 5.82 Å². The van der Waals surface area contributed by atoms with Crippen molar-refractivity contribution in [3.63, 3.8) is 0 Å². The molecule has 3 heteroatoms. The van der Waals surface area contributed by atoms with Crippen LogP contribution in [0.4, 0.5) is 17.2 Å². The first-order chi connectivity index (χ1) is 20.4. The Morgan fingerprint density at radius 1 is 0.415 bits per heavy atom. The second-order valence-electron chi connectivity index (χ2n) is 10.2. The summed E-state index contributed by atoms with van der Waals surface area (Å²) in [6.07, 6.45) is 3.74. The second-order valence-corrected chi connectivity index (χ2v) is 10.2. The van der Waals surface area contributed by atoms with Gasteiger partial charge in [-0.1, -0.05) is 109 Å². The lowest BCUT2D eigenvalue weighted by atomic mass is 9.91. The zero-order chi connectivity index (χ0) is 27.2. The number of fused-ring (bicyclic) bond motifs is 5. The average Bonchev–Trinajstić information content (AvgIpc) is 3.05. The highest BCUT2D eigenvalue weighted by Crippen LogP contribution is 2.49. The van der Waals surface area contributed by atoms with E-state index in [1.807, 2.05) is 24.5 Å². The Balaban J connectivity index is 1.57. The molecule has 2 aromatic heterocycles. The Kier molecular flexibility index (Phi) is 5.46. The van der Waals surface area contributed by atoms with E-state index in [0.717, 1.165) is 50.0 Å². The predicted molar refractivity (Wildman–Crippen MR) is 172 cm³/mol. The lowest BCUT2D eigenvalue weighted by Gasteiger charge is -2.30. The number of nitrogens with zero attached hydrogens (tertiary/aromatic N) is 3. The SMILES string of the molecule is c1ccc(-c2c3ccccc3c(N(c3ccccn3)c3cc4ccccc4c4ccccc34)c3ccccc23)nc1. The van der Waals surface area contributed by atoms with Gasteiger partial charge in [-0.05, 0) is 57.3 Å². The molecular formula is C38H25N3. The first-order valence-corrected chi connectivity index (χ1v) is 13.8. The molecule has 0 saturated carbocycles. The van der Waals surface area contributed by atoms with Crippen LogP contribution in [0.3, 0.4) is 0 Å². The predicted octanol–water partition coefficient (Wildman–Crippen LogP) is 10.2. The van der Waals surface area contributed by atoms with E-state index < -0.39 is 0 Å². The summed E-state index contributed by atoms with van der Waals surface area (Å²) in [7, 11) is 0. The van der Waals surface area contributed by atoms with E-state index in [4.69, 9.17) is 9.97 Å². The molecule has 0 saturated heterocycles. The van der Waals surface area contributed by atoms with Crippen LogP contribution in [0, 0.1) is 0 Å². The number of pyridine rings is 2. The van der Waals surface area contributed by atoms with E-state index in [0.29, 0.717) is 0 Å². The maximum atomic E-state index is 4.93. The molecule has 8 rings (SSSR count). The quantitative estimate of drug-likeness (QED) is 0.170. The summed E-state index contributed by atoms with van der Waals surface area (Å²) in [5.74, 6) is 0.869. The second kappa shape index (κ2) is 9.58. The molecule has 0 aliphatic carbocycles. The standard InChI is InChI=1S/C38H25N3/c1-2-14-27-26(13-1)25-35(29-16-4-3-15-28(27)29)41(36-22-10-12-24-40-36)38-32-19-7-5-17-30(32)37(34-21-9-11-23-39-34)31-18-6-8-20-33(31)38/h1-25H. The van der Waals surface area contributed by atoms with Gasteiger partial charge in [-0.25, -0.2) is 4.98 Å². The van der Waals surface area contributed by atoms with Crippen LogP contribution in [0.5, 0.6) is 0 Å². The molecule has 2 heterocycles. The smallest absolute Gasteiger partial charge is 0.137 e. The van der Waals surface area contributed by atoms with Crippen LogP contribution < -0.4 is 4.90 Å². The van der Waals surface area contributed by atoms with Gasteiger partial charge >= 0.3 is 0 Å². The molecule has 0 bridgehead atoms. The maximum Gasteiger partial charge on any atom is 0.137 e. The Morgan fingerprint density at radius 3 is 1.59 bits per heavy atom. The number of aromatic nitrogens is 2. The maximum absolute atomic E-state index is 4.93. The van der Waals surface area contributed by atoms with Crippen LogP contribution in [-0.2, 0) is 0 Å². The van der Waals surface area contributed by atoms with Crippen molar-refractivity contribution in [2.24, 2.45) is 0 Å². The van der Waals surface area contributed by atoms with E-state index in [1.165, 1.54) is 21.5 Å². The third-order valence-electron chi connectivity index (χ3n) is 7.91. The minimum Gasteiger partial charge on any atom is -0.293 e. The summed E-state index contributed by atoms with van der Waals surface area (Å²) in [6.45, 7) is 0. The molecule has 8 aromatic rings. The van der Waals surface area contributed by atoms with Crippen molar-refractivity contribution in [2.75, 3.05) is 4.90 Å². The van der Waals surface area contributed by atoms with Crippen molar-refractivity contribution in [1.29, 1.82) is 0 Å². The molecule has 6 aromatic carbocycles. The van der Waals surface area contributed by atoms with Crippen molar-refractivity contribution in [2.45, 2.75) is 0 Å². The first-order valence-electron chi connectivity index (χ1n) is 13.8. The summed E-state index contributed by atoms with van der Waals surface area (Å²) in [4.78, 5) is 12.1. The zero-order valence-electron chi connectivity index (χ0n) is 22.3. The molecule has 0 atom stereocenters. The van der Waals surface area contributed by atoms with Gasteiger partial charge in [-0.2, -0.15) is 0 Å². The highest BCUT2D eigenvalue weighted by atomic mass is 15.2.